The Kier molecular flexibility index (Phi) is 2.01. The van der Waals surface area contributed by atoms with Gasteiger partial charge in [0.15, 0.2) is 0 Å². The third-order valence-electron chi connectivity index (χ3n) is 2.95. The number of halogens is 3. The SMILES string of the molecule is CC1C(/C=C\C(F)(F)F)C1(C)C. The average Bonchev–Trinajstić information content (AvgIpc) is 2.28. The van der Waals surface area contributed by atoms with Crippen LogP contribution in [0.1, 0.15) is 20.8 Å². The van der Waals surface area contributed by atoms with Gasteiger partial charge in [0.2, 0.25) is 0 Å². The Bertz CT molecular complexity index is 200. The second-order valence-electron chi connectivity index (χ2n) is 4.04. The molecule has 0 saturated heterocycles. The van der Waals surface area contributed by atoms with Crippen LogP contribution in [0.5, 0.6) is 0 Å². The van der Waals surface area contributed by atoms with Crippen LogP contribution >= 0.6 is 0 Å². The Hall–Kier alpha value is -0.470. The van der Waals surface area contributed by atoms with Crippen molar-refractivity contribution in [3.8, 4) is 0 Å². The topological polar surface area (TPSA) is 0 Å². The summed E-state index contributed by atoms with van der Waals surface area (Å²) in [6.07, 6.45) is -2.52. The number of alkyl halides is 3. The van der Waals surface area contributed by atoms with Gasteiger partial charge in [0.05, 0.1) is 0 Å². The van der Waals surface area contributed by atoms with Gasteiger partial charge in [0, 0.05) is 6.08 Å². The first-order valence-electron chi connectivity index (χ1n) is 4.01. The van der Waals surface area contributed by atoms with E-state index in [0.717, 1.165) is 0 Å². The van der Waals surface area contributed by atoms with Crippen molar-refractivity contribution in [2.75, 3.05) is 0 Å². The Labute approximate surface area is 70.5 Å². The molecule has 1 fully saturated rings. The predicted octanol–water partition coefficient (Wildman–Crippen LogP) is 3.40. The van der Waals surface area contributed by atoms with Gasteiger partial charge in [-0.15, -0.1) is 0 Å². The lowest BCUT2D eigenvalue weighted by molar-refractivity contribution is -0.0801. The number of allylic oxidation sites excluding steroid dienone is 2. The summed E-state index contributed by atoms with van der Waals surface area (Å²) >= 11 is 0. The van der Waals surface area contributed by atoms with E-state index in [2.05, 4.69) is 0 Å². The van der Waals surface area contributed by atoms with Crippen molar-refractivity contribution in [1.82, 2.24) is 0 Å². The highest BCUT2D eigenvalue weighted by molar-refractivity contribution is 5.13. The van der Waals surface area contributed by atoms with Crippen LogP contribution < -0.4 is 0 Å². The van der Waals surface area contributed by atoms with Gasteiger partial charge < -0.3 is 0 Å². The maximum Gasteiger partial charge on any atom is 0.409 e. The Balaban J connectivity index is 2.51. The molecule has 0 aromatic heterocycles. The molecule has 0 spiro atoms. The molecule has 0 bridgehead atoms. The van der Waals surface area contributed by atoms with Gasteiger partial charge in [-0.1, -0.05) is 26.8 Å². The molecule has 12 heavy (non-hydrogen) atoms. The molecular weight excluding hydrogens is 165 g/mol. The van der Waals surface area contributed by atoms with Crippen LogP contribution in [-0.4, -0.2) is 6.18 Å². The first-order valence-corrected chi connectivity index (χ1v) is 4.01. The van der Waals surface area contributed by atoms with Gasteiger partial charge in [-0.2, -0.15) is 13.2 Å². The molecular formula is C9H13F3. The van der Waals surface area contributed by atoms with Gasteiger partial charge in [0.25, 0.3) is 0 Å². The lowest BCUT2D eigenvalue weighted by Gasteiger charge is -1.98. The Morgan fingerprint density at radius 2 is 1.67 bits per heavy atom. The zero-order chi connectivity index (χ0) is 9.57. The fraction of sp³-hybridized carbons (Fsp3) is 0.778. The van der Waals surface area contributed by atoms with Gasteiger partial charge in [0.1, 0.15) is 0 Å². The molecule has 1 rings (SSSR count). The second kappa shape index (κ2) is 2.51. The third-order valence-corrected chi connectivity index (χ3v) is 2.95. The molecule has 0 N–H and O–H groups in total. The zero-order valence-corrected chi connectivity index (χ0v) is 7.44. The first kappa shape index (κ1) is 9.62. The van der Waals surface area contributed by atoms with E-state index in [4.69, 9.17) is 0 Å². The van der Waals surface area contributed by atoms with E-state index < -0.39 is 6.18 Å². The van der Waals surface area contributed by atoms with E-state index in [0.29, 0.717) is 12.0 Å². The normalized spacial score (nSPS) is 34.2. The highest BCUT2D eigenvalue weighted by Gasteiger charge is 2.52. The van der Waals surface area contributed by atoms with Crippen molar-refractivity contribution in [2.24, 2.45) is 17.3 Å². The summed E-state index contributed by atoms with van der Waals surface area (Å²) in [4.78, 5) is 0. The number of hydrogen-bond acceptors (Lipinski definition) is 0. The molecule has 2 unspecified atom stereocenters. The molecule has 0 amide bonds. The molecule has 0 heterocycles. The highest BCUT2D eigenvalue weighted by Crippen LogP contribution is 2.58. The summed E-state index contributed by atoms with van der Waals surface area (Å²) in [7, 11) is 0. The summed E-state index contributed by atoms with van der Waals surface area (Å²) in [6.45, 7) is 5.96. The van der Waals surface area contributed by atoms with Crippen molar-refractivity contribution in [1.29, 1.82) is 0 Å². The van der Waals surface area contributed by atoms with Crippen molar-refractivity contribution >= 4 is 0 Å². The number of hydrogen-bond donors (Lipinski definition) is 0. The van der Waals surface area contributed by atoms with E-state index in [-0.39, 0.29) is 11.3 Å². The van der Waals surface area contributed by atoms with Crippen LogP contribution in [0.3, 0.4) is 0 Å². The minimum Gasteiger partial charge on any atom is -0.167 e. The zero-order valence-electron chi connectivity index (χ0n) is 7.44. The monoisotopic (exact) mass is 178 g/mol. The lowest BCUT2D eigenvalue weighted by Crippen LogP contribution is -2.01. The summed E-state index contributed by atoms with van der Waals surface area (Å²) in [5, 5.41) is 0. The van der Waals surface area contributed by atoms with Crippen LogP contribution in [0.25, 0.3) is 0 Å². The molecule has 0 aromatic rings. The molecule has 1 aliphatic rings. The van der Waals surface area contributed by atoms with Gasteiger partial charge in [-0.25, -0.2) is 0 Å². The fourth-order valence-electron chi connectivity index (χ4n) is 1.57. The molecule has 1 saturated carbocycles. The molecule has 0 radical (unpaired) electrons. The molecule has 0 aromatic carbocycles. The van der Waals surface area contributed by atoms with Crippen LogP contribution in [0, 0.1) is 17.3 Å². The van der Waals surface area contributed by atoms with Crippen molar-refractivity contribution < 1.29 is 13.2 Å². The van der Waals surface area contributed by atoms with Gasteiger partial charge in [-0.05, 0) is 17.3 Å². The van der Waals surface area contributed by atoms with E-state index in [1.165, 1.54) is 6.08 Å². The Morgan fingerprint density at radius 1 is 1.25 bits per heavy atom. The van der Waals surface area contributed by atoms with Crippen LogP contribution in [0.15, 0.2) is 12.2 Å². The summed E-state index contributed by atoms with van der Waals surface area (Å²) < 4.78 is 35.2. The molecule has 0 nitrogen and oxygen atoms in total. The summed E-state index contributed by atoms with van der Waals surface area (Å²) in [6, 6.07) is 0. The molecule has 3 heteroatoms. The van der Waals surface area contributed by atoms with Crippen LogP contribution in [-0.2, 0) is 0 Å². The first-order chi connectivity index (χ1) is 5.25. The van der Waals surface area contributed by atoms with Crippen LogP contribution in [0.4, 0.5) is 13.2 Å². The maximum atomic E-state index is 11.7. The van der Waals surface area contributed by atoms with Crippen molar-refractivity contribution in [2.45, 2.75) is 26.9 Å². The second-order valence-corrected chi connectivity index (χ2v) is 4.04. The van der Waals surface area contributed by atoms with Gasteiger partial charge in [-0.3, -0.25) is 0 Å². The average molecular weight is 178 g/mol. The van der Waals surface area contributed by atoms with E-state index in [1.807, 2.05) is 20.8 Å². The smallest absolute Gasteiger partial charge is 0.167 e. The van der Waals surface area contributed by atoms with Gasteiger partial charge >= 0.3 is 6.18 Å². The lowest BCUT2D eigenvalue weighted by atomic mass is 10.1. The van der Waals surface area contributed by atoms with Crippen LogP contribution in [0.2, 0.25) is 0 Å². The minimum absolute atomic E-state index is 0.0573. The quantitative estimate of drug-likeness (QED) is 0.540. The summed E-state index contributed by atoms with van der Waals surface area (Å²) in [5.41, 5.74) is 0.0573. The summed E-state index contributed by atoms with van der Waals surface area (Å²) in [5.74, 6) is 0.468. The maximum absolute atomic E-state index is 11.7. The molecule has 0 aliphatic heterocycles. The fourth-order valence-corrected chi connectivity index (χ4v) is 1.57. The molecule has 2 atom stereocenters. The molecule has 70 valence electrons. The Morgan fingerprint density at radius 3 is 1.92 bits per heavy atom. The standard InChI is InChI=1S/C9H13F3/c1-6-7(8(6,2)3)4-5-9(10,11)12/h4-7H,1-3H3/b5-4-. The third kappa shape index (κ3) is 1.82. The largest absolute Gasteiger partial charge is 0.409 e. The highest BCUT2D eigenvalue weighted by atomic mass is 19.4. The van der Waals surface area contributed by atoms with Crippen molar-refractivity contribution in [3.05, 3.63) is 12.2 Å². The van der Waals surface area contributed by atoms with Crippen molar-refractivity contribution in [3.63, 3.8) is 0 Å². The molecule has 1 aliphatic carbocycles. The minimum atomic E-state index is -4.15. The van der Waals surface area contributed by atoms with E-state index >= 15 is 0 Å². The number of rotatable bonds is 1. The van der Waals surface area contributed by atoms with E-state index in [9.17, 15) is 13.2 Å². The van der Waals surface area contributed by atoms with E-state index in [1.54, 1.807) is 0 Å². The predicted molar refractivity (Wildman–Crippen MR) is 41.6 cm³/mol.